The molecule has 1 rings (SSSR count). The van der Waals surface area contributed by atoms with E-state index in [1.807, 2.05) is 6.92 Å². The van der Waals surface area contributed by atoms with Crippen LogP contribution < -0.4 is 11.1 Å². The van der Waals surface area contributed by atoms with Gasteiger partial charge in [0.2, 0.25) is 5.91 Å². The monoisotopic (exact) mass is 228 g/mol. The first kappa shape index (κ1) is 13.5. The molecule has 1 saturated carbocycles. The van der Waals surface area contributed by atoms with E-state index in [-0.39, 0.29) is 18.1 Å². The van der Waals surface area contributed by atoms with Crippen molar-refractivity contribution in [2.45, 2.75) is 51.0 Å². The van der Waals surface area contributed by atoms with Gasteiger partial charge in [-0.25, -0.2) is 0 Å². The number of nitrogens with two attached hydrogens (primary N) is 1. The molecule has 0 unspecified atom stereocenters. The maximum absolute atomic E-state index is 11.2. The van der Waals surface area contributed by atoms with E-state index in [9.17, 15) is 4.79 Å². The van der Waals surface area contributed by atoms with Gasteiger partial charge < -0.3 is 15.8 Å². The molecule has 0 atom stereocenters. The van der Waals surface area contributed by atoms with E-state index in [1.54, 1.807) is 0 Å². The Labute approximate surface area is 97.9 Å². The first-order chi connectivity index (χ1) is 7.66. The van der Waals surface area contributed by atoms with Gasteiger partial charge in [0.25, 0.3) is 0 Å². The summed E-state index contributed by atoms with van der Waals surface area (Å²) in [6.45, 7) is 3.18. The number of likely N-dealkylation sites (N-methyl/N-ethyl adjacent to an activating group) is 1. The van der Waals surface area contributed by atoms with Crippen LogP contribution in [0.5, 0.6) is 0 Å². The third-order valence-electron chi connectivity index (χ3n) is 3.10. The molecular weight excluding hydrogens is 204 g/mol. The summed E-state index contributed by atoms with van der Waals surface area (Å²) in [4.78, 5) is 11.2. The fraction of sp³-hybridized carbons (Fsp3) is 0.917. The van der Waals surface area contributed by atoms with Crippen LogP contribution >= 0.6 is 0 Å². The Hall–Kier alpha value is -0.610. The lowest BCUT2D eigenvalue weighted by Crippen LogP contribution is -2.44. The molecule has 0 aromatic rings. The van der Waals surface area contributed by atoms with Gasteiger partial charge in [0.1, 0.15) is 6.61 Å². The average molecular weight is 228 g/mol. The van der Waals surface area contributed by atoms with Crippen LogP contribution in [0.3, 0.4) is 0 Å². The van der Waals surface area contributed by atoms with Crippen LogP contribution in [0.2, 0.25) is 0 Å². The van der Waals surface area contributed by atoms with Gasteiger partial charge in [-0.15, -0.1) is 0 Å². The molecule has 4 nitrogen and oxygen atoms in total. The van der Waals surface area contributed by atoms with Crippen LogP contribution in [0.4, 0.5) is 0 Å². The third-order valence-corrected chi connectivity index (χ3v) is 3.10. The standard InChI is InChI=1S/C12H24N2O2/c1-2-14-11(15)9-16-10-12(13)7-5-3-4-6-8-12/h2-10,13H2,1H3,(H,14,15). The first-order valence-electron chi connectivity index (χ1n) is 6.30. The molecule has 0 saturated heterocycles. The van der Waals surface area contributed by atoms with Crippen LogP contribution in [-0.2, 0) is 9.53 Å². The van der Waals surface area contributed by atoms with Gasteiger partial charge in [0.15, 0.2) is 0 Å². The van der Waals surface area contributed by atoms with Gasteiger partial charge in [-0.1, -0.05) is 25.7 Å². The number of amides is 1. The molecule has 1 aliphatic carbocycles. The highest BCUT2D eigenvalue weighted by Gasteiger charge is 2.26. The van der Waals surface area contributed by atoms with Crippen molar-refractivity contribution in [3.05, 3.63) is 0 Å². The molecule has 94 valence electrons. The summed E-state index contributed by atoms with van der Waals surface area (Å²) in [5.74, 6) is -0.0558. The highest BCUT2D eigenvalue weighted by atomic mass is 16.5. The summed E-state index contributed by atoms with van der Waals surface area (Å²) in [5.41, 5.74) is 6.06. The molecule has 1 amide bonds. The summed E-state index contributed by atoms with van der Waals surface area (Å²) < 4.78 is 5.41. The minimum atomic E-state index is -0.205. The molecule has 0 aromatic heterocycles. The highest BCUT2D eigenvalue weighted by Crippen LogP contribution is 2.24. The lowest BCUT2D eigenvalue weighted by Gasteiger charge is -2.27. The molecule has 1 aliphatic rings. The summed E-state index contributed by atoms with van der Waals surface area (Å²) in [6.07, 6.45) is 6.94. The van der Waals surface area contributed by atoms with Crippen molar-refractivity contribution in [1.29, 1.82) is 0 Å². The molecule has 1 fully saturated rings. The Morgan fingerprint density at radius 1 is 1.31 bits per heavy atom. The molecule has 0 radical (unpaired) electrons. The Kier molecular flexibility index (Phi) is 5.77. The summed E-state index contributed by atoms with van der Waals surface area (Å²) >= 11 is 0. The topological polar surface area (TPSA) is 64.3 Å². The van der Waals surface area contributed by atoms with E-state index in [1.165, 1.54) is 25.7 Å². The number of nitrogens with one attached hydrogen (secondary N) is 1. The number of hydrogen-bond acceptors (Lipinski definition) is 3. The van der Waals surface area contributed by atoms with E-state index in [4.69, 9.17) is 10.5 Å². The smallest absolute Gasteiger partial charge is 0.245 e. The second kappa shape index (κ2) is 6.86. The zero-order valence-electron chi connectivity index (χ0n) is 10.3. The number of carbonyl (C=O) groups excluding carboxylic acids is 1. The predicted molar refractivity (Wildman–Crippen MR) is 64.1 cm³/mol. The third kappa shape index (κ3) is 4.94. The van der Waals surface area contributed by atoms with Crippen molar-refractivity contribution in [3.8, 4) is 0 Å². The van der Waals surface area contributed by atoms with E-state index in [2.05, 4.69) is 5.32 Å². The largest absolute Gasteiger partial charge is 0.370 e. The second-order valence-electron chi connectivity index (χ2n) is 4.72. The normalized spacial score (nSPS) is 20.1. The Morgan fingerprint density at radius 3 is 2.50 bits per heavy atom. The molecule has 3 N–H and O–H groups in total. The van der Waals surface area contributed by atoms with Crippen LogP contribution in [0.15, 0.2) is 0 Å². The van der Waals surface area contributed by atoms with Crippen molar-refractivity contribution in [3.63, 3.8) is 0 Å². The minimum absolute atomic E-state index is 0.0558. The zero-order chi connectivity index (χ0) is 11.9. The predicted octanol–water partition coefficient (Wildman–Crippen LogP) is 1.19. The number of hydrogen-bond donors (Lipinski definition) is 2. The van der Waals surface area contributed by atoms with Crippen molar-refractivity contribution in [2.75, 3.05) is 19.8 Å². The lowest BCUT2D eigenvalue weighted by atomic mass is 9.93. The fourth-order valence-electron chi connectivity index (χ4n) is 2.17. The van der Waals surface area contributed by atoms with Crippen molar-refractivity contribution >= 4 is 5.91 Å². The SMILES string of the molecule is CCNC(=O)COCC1(N)CCCCCC1. The maximum Gasteiger partial charge on any atom is 0.245 e. The number of ether oxygens (including phenoxy) is 1. The van der Waals surface area contributed by atoms with Crippen LogP contribution in [0.1, 0.15) is 45.4 Å². The van der Waals surface area contributed by atoms with Crippen LogP contribution in [0.25, 0.3) is 0 Å². The average Bonchev–Trinajstić information content (AvgIpc) is 2.44. The van der Waals surface area contributed by atoms with Gasteiger partial charge in [0.05, 0.1) is 6.61 Å². The number of rotatable bonds is 5. The second-order valence-corrected chi connectivity index (χ2v) is 4.72. The van der Waals surface area contributed by atoms with Gasteiger partial charge >= 0.3 is 0 Å². The molecule has 0 aromatic carbocycles. The Balaban J connectivity index is 2.21. The molecule has 0 bridgehead atoms. The van der Waals surface area contributed by atoms with E-state index < -0.39 is 0 Å². The number of carbonyl (C=O) groups is 1. The molecule has 16 heavy (non-hydrogen) atoms. The molecule has 4 heteroatoms. The van der Waals surface area contributed by atoms with Gasteiger partial charge in [-0.05, 0) is 19.8 Å². The summed E-state index contributed by atoms with van der Waals surface area (Å²) in [7, 11) is 0. The molecule has 0 aliphatic heterocycles. The Bertz CT molecular complexity index is 211. The summed E-state index contributed by atoms with van der Waals surface area (Å²) in [5, 5.41) is 2.70. The first-order valence-corrected chi connectivity index (χ1v) is 6.30. The maximum atomic E-state index is 11.2. The van der Waals surface area contributed by atoms with Crippen LogP contribution in [0, 0.1) is 0 Å². The van der Waals surface area contributed by atoms with E-state index >= 15 is 0 Å². The van der Waals surface area contributed by atoms with Gasteiger partial charge in [-0.2, -0.15) is 0 Å². The quantitative estimate of drug-likeness (QED) is 0.695. The molecule has 0 spiro atoms. The van der Waals surface area contributed by atoms with Crippen molar-refractivity contribution in [2.24, 2.45) is 5.73 Å². The summed E-state index contributed by atoms with van der Waals surface area (Å²) in [6, 6.07) is 0. The van der Waals surface area contributed by atoms with E-state index in [0.29, 0.717) is 13.2 Å². The minimum Gasteiger partial charge on any atom is -0.370 e. The van der Waals surface area contributed by atoms with Gasteiger partial charge in [-0.3, -0.25) is 4.79 Å². The Morgan fingerprint density at radius 2 is 1.94 bits per heavy atom. The van der Waals surface area contributed by atoms with Crippen LogP contribution in [-0.4, -0.2) is 31.2 Å². The highest BCUT2D eigenvalue weighted by molar-refractivity contribution is 5.77. The van der Waals surface area contributed by atoms with Crippen molar-refractivity contribution in [1.82, 2.24) is 5.32 Å². The fourth-order valence-corrected chi connectivity index (χ4v) is 2.17. The zero-order valence-corrected chi connectivity index (χ0v) is 10.3. The molecule has 0 heterocycles. The van der Waals surface area contributed by atoms with Gasteiger partial charge in [0, 0.05) is 12.1 Å². The van der Waals surface area contributed by atoms with E-state index in [0.717, 1.165) is 12.8 Å². The molecular formula is C12H24N2O2. The lowest BCUT2D eigenvalue weighted by molar-refractivity contribution is -0.126. The van der Waals surface area contributed by atoms with Crippen molar-refractivity contribution < 1.29 is 9.53 Å².